The predicted octanol–water partition coefficient (Wildman–Crippen LogP) is 9.22. The number of nitrogens with zero attached hydrogens (tertiary/aromatic N) is 1. The maximum Gasteiger partial charge on any atom is 0.410 e. The van der Waals surface area contributed by atoms with E-state index in [4.69, 9.17) is 32.7 Å². The van der Waals surface area contributed by atoms with Gasteiger partial charge in [0, 0.05) is 57.4 Å². The van der Waals surface area contributed by atoms with Crippen molar-refractivity contribution in [2.45, 2.75) is 82.8 Å². The molecule has 252 valence electrons. The fourth-order valence-corrected chi connectivity index (χ4v) is 8.01. The summed E-state index contributed by atoms with van der Waals surface area (Å²) in [6, 6.07) is 29.9. The summed E-state index contributed by atoms with van der Waals surface area (Å²) in [5.74, 6) is 0.718. The molecule has 1 heterocycles. The largest absolute Gasteiger partial charge is 0.489 e. The van der Waals surface area contributed by atoms with Crippen molar-refractivity contribution in [1.82, 2.24) is 15.5 Å². The van der Waals surface area contributed by atoms with Crippen molar-refractivity contribution in [3.05, 3.63) is 123 Å². The molecule has 8 heteroatoms. The lowest BCUT2D eigenvalue weighted by Gasteiger charge is -2.47. The molecule has 48 heavy (non-hydrogen) atoms. The third-order valence-corrected chi connectivity index (χ3v) is 10.2. The zero-order valence-electron chi connectivity index (χ0n) is 28.4. The van der Waals surface area contributed by atoms with Crippen molar-refractivity contribution in [3.8, 4) is 16.9 Å². The lowest BCUT2D eigenvalue weighted by atomic mass is 9.79. The summed E-state index contributed by atoms with van der Waals surface area (Å²) in [5.41, 5.74) is 6.12. The first-order valence-electron chi connectivity index (χ1n) is 16.7. The van der Waals surface area contributed by atoms with Crippen molar-refractivity contribution < 1.29 is 14.3 Å². The molecule has 0 radical (unpaired) electrons. The zero-order valence-corrected chi connectivity index (χ0v) is 29.9. The fraction of sp³-hybridized carbons (Fsp3) is 0.375. The Hall–Kier alpha value is -3.55. The molecule has 1 fully saturated rings. The van der Waals surface area contributed by atoms with E-state index in [0.29, 0.717) is 29.1 Å². The molecule has 1 atom stereocenters. The van der Waals surface area contributed by atoms with Crippen LogP contribution >= 0.6 is 23.2 Å². The summed E-state index contributed by atoms with van der Waals surface area (Å²) < 4.78 is 12.3. The molecule has 1 amide bonds. The summed E-state index contributed by atoms with van der Waals surface area (Å²) in [6.45, 7) is 9.92. The van der Waals surface area contributed by atoms with Gasteiger partial charge in [0.2, 0.25) is 0 Å². The Morgan fingerprint density at radius 2 is 1.42 bits per heavy atom. The number of ether oxygens (including phenoxy) is 2. The molecule has 0 saturated carbocycles. The molecule has 1 aliphatic heterocycles. The molecule has 1 unspecified atom stereocenters. The Labute approximate surface area is 294 Å². The van der Waals surface area contributed by atoms with Crippen molar-refractivity contribution in [2.24, 2.45) is 0 Å². The van der Waals surface area contributed by atoms with Crippen LogP contribution in [0.3, 0.4) is 0 Å². The van der Waals surface area contributed by atoms with E-state index in [1.54, 1.807) is 17.0 Å². The van der Waals surface area contributed by atoms with Gasteiger partial charge in [-0.2, -0.15) is 0 Å². The topological polar surface area (TPSA) is 62.8 Å². The Balaban J connectivity index is 1.18. The highest BCUT2D eigenvalue weighted by Crippen LogP contribution is 2.45. The van der Waals surface area contributed by atoms with Gasteiger partial charge in [-0.1, -0.05) is 89.9 Å². The van der Waals surface area contributed by atoms with Gasteiger partial charge in [-0.25, -0.2) is 4.79 Å². The van der Waals surface area contributed by atoms with E-state index in [9.17, 15) is 4.79 Å². The van der Waals surface area contributed by atoms with Gasteiger partial charge in [0.25, 0.3) is 0 Å². The molecule has 4 aromatic rings. The number of hydrogen-bond acceptors (Lipinski definition) is 5. The van der Waals surface area contributed by atoms with E-state index in [2.05, 4.69) is 74.7 Å². The smallest absolute Gasteiger partial charge is 0.410 e. The standard InChI is InChI=1S/C40H45Cl2N3O3/c1-39(2)22-27(23-40(3,4)44-39)43-24-28(21-26-17-19-29(20-18-26)47-25-34-35(41)15-10-16-36(34)42)45(5)38(46)48-37-32-13-8-6-11-30(32)31-12-7-9-14-33(31)37/h6-20,27-28,37,43-44H,21-25H2,1-5H3. The number of benzene rings is 4. The van der Waals surface area contributed by atoms with Gasteiger partial charge in [0.05, 0.1) is 6.04 Å². The SMILES string of the molecule is CN(C(=O)OC1c2ccccc2-c2ccccc21)C(CNC1CC(C)(C)NC(C)(C)C1)Cc1ccc(OCc2c(Cl)cccc2Cl)cc1. The minimum Gasteiger partial charge on any atom is -0.489 e. The molecule has 4 aromatic carbocycles. The highest BCUT2D eigenvalue weighted by Gasteiger charge is 2.38. The number of hydrogen-bond donors (Lipinski definition) is 2. The lowest BCUT2D eigenvalue weighted by Crippen LogP contribution is -2.62. The molecule has 0 aromatic heterocycles. The number of halogens is 2. The van der Waals surface area contributed by atoms with Gasteiger partial charge in [0.1, 0.15) is 12.4 Å². The number of likely N-dealkylation sites (N-methyl/N-ethyl adjacent to an activating group) is 1. The molecular formula is C40H45Cl2N3O3. The molecule has 0 bridgehead atoms. The number of fused-ring (bicyclic) bond motifs is 3. The van der Waals surface area contributed by atoms with Crippen LogP contribution in [0.2, 0.25) is 10.0 Å². The Kier molecular flexibility index (Phi) is 10.1. The first-order chi connectivity index (χ1) is 22.9. The first-order valence-corrected chi connectivity index (χ1v) is 17.4. The zero-order chi connectivity index (χ0) is 34.1. The fourth-order valence-electron chi connectivity index (χ4n) is 7.50. The number of amides is 1. The second-order valence-corrected chi connectivity index (χ2v) is 15.3. The average Bonchev–Trinajstić information content (AvgIpc) is 3.35. The van der Waals surface area contributed by atoms with Gasteiger partial charge >= 0.3 is 6.09 Å². The Morgan fingerprint density at radius 3 is 2.00 bits per heavy atom. The number of rotatable bonds is 10. The van der Waals surface area contributed by atoms with Gasteiger partial charge in [0.15, 0.2) is 6.10 Å². The summed E-state index contributed by atoms with van der Waals surface area (Å²) in [4.78, 5) is 15.7. The molecule has 1 saturated heterocycles. The van der Waals surface area contributed by atoms with Crippen LogP contribution in [0.1, 0.15) is 68.9 Å². The molecule has 0 spiro atoms. The van der Waals surface area contributed by atoms with Crippen molar-refractivity contribution in [2.75, 3.05) is 13.6 Å². The number of piperidine rings is 1. The summed E-state index contributed by atoms with van der Waals surface area (Å²) in [7, 11) is 1.85. The molecule has 6 rings (SSSR count). The molecule has 6 nitrogen and oxygen atoms in total. The van der Waals surface area contributed by atoms with E-state index in [1.807, 2.05) is 49.5 Å². The maximum absolute atomic E-state index is 14.0. The Bertz CT molecular complexity index is 1680. The molecule has 2 N–H and O–H groups in total. The average molecular weight is 687 g/mol. The number of carbonyl (C=O) groups excluding carboxylic acids is 1. The van der Waals surface area contributed by atoms with Gasteiger partial charge < -0.3 is 25.0 Å². The van der Waals surface area contributed by atoms with Crippen molar-refractivity contribution >= 4 is 29.3 Å². The van der Waals surface area contributed by atoms with E-state index >= 15 is 0 Å². The minimum absolute atomic E-state index is 0.00698. The van der Waals surface area contributed by atoms with E-state index in [1.165, 1.54) is 0 Å². The van der Waals surface area contributed by atoms with Crippen LogP contribution < -0.4 is 15.4 Å². The maximum atomic E-state index is 14.0. The van der Waals surface area contributed by atoms with Crippen LogP contribution in [0.4, 0.5) is 4.79 Å². The van der Waals surface area contributed by atoms with Crippen LogP contribution in [0.25, 0.3) is 11.1 Å². The highest BCUT2D eigenvalue weighted by atomic mass is 35.5. The van der Waals surface area contributed by atoms with Crippen LogP contribution in [-0.2, 0) is 17.8 Å². The summed E-state index contributed by atoms with van der Waals surface area (Å²) in [6.07, 6.45) is 1.84. The summed E-state index contributed by atoms with van der Waals surface area (Å²) >= 11 is 12.7. The van der Waals surface area contributed by atoms with E-state index in [-0.39, 0.29) is 29.8 Å². The lowest BCUT2D eigenvalue weighted by molar-refractivity contribution is 0.0716. The van der Waals surface area contributed by atoms with Crippen molar-refractivity contribution in [3.63, 3.8) is 0 Å². The van der Waals surface area contributed by atoms with Crippen molar-refractivity contribution in [1.29, 1.82) is 0 Å². The highest BCUT2D eigenvalue weighted by molar-refractivity contribution is 6.35. The quantitative estimate of drug-likeness (QED) is 0.174. The van der Waals surface area contributed by atoms with Gasteiger partial charge in [-0.05, 0) is 87.9 Å². The van der Waals surface area contributed by atoms with Crippen LogP contribution in [0.15, 0.2) is 91.0 Å². The molecule has 2 aliphatic rings. The second kappa shape index (κ2) is 14.1. The van der Waals surface area contributed by atoms with Gasteiger partial charge in [-0.15, -0.1) is 0 Å². The number of carbonyl (C=O) groups is 1. The van der Waals surface area contributed by atoms with Gasteiger partial charge in [-0.3, -0.25) is 0 Å². The minimum atomic E-state index is -0.449. The number of nitrogens with one attached hydrogen (secondary N) is 2. The van der Waals surface area contributed by atoms with E-state index < -0.39 is 6.10 Å². The molecular weight excluding hydrogens is 641 g/mol. The van der Waals surface area contributed by atoms with Crippen LogP contribution in [0, 0.1) is 0 Å². The van der Waals surface area contributed by atoms with Crippen LogP contribution in [0.5, 0.6) is 5.75 Å². The van der Waals surface area contributed by atoms with Crippen LogP contribution in [-0.4, -0.2) is 47.7 Å². The summed E-state index contributed by atoms with van der Waals surface area (Å²) in [5, 5.41) is 8.76. The molecule has 1 aliphatic carbocycles. The third-order valence-electron chi connectivity index (χ3n) is 9.50. The normalized spacial score (nSPS) is 17.3. The van der Waals surface area contributed by atoms with E-state index in [0.717, 1.165) is 52.0 Å². The first kappa shape index (κ1) is 34.3. The predicted molar refractivity (Wildman–Crippen MR) is 195 cm³/mol. The second-order valence-electron chi connectivity index (χ2n) is 14.4. The monoisotopic (exact) mass is 685 g/mol. The third kappa shape index (κ3) is 7.84. The Morgan fingerprint density at radius 1 is 0.854 bits per heavy atom.